The highest BCUT2D eigenvalue weighted by Gasteiger charge is 2.10. The number of hydrogen-bond donors (Lipinski definition) is 2. The van der Waals surface area contributed by atoms with E-state index in [9.17, 15) is 4.39 Å². The number of phenols is 1. The second-order valence-electron chi connectivity index (χ2n) is 3.00. The highest BCUT2D eigenvalue weighted by atomic mass is 19.1. The van der Waals surface area contributed by atoms with Crippen LogP contribution in [0.3, 0.4) is 0 Å². The molecule has 0 fully saturated rings. The Balaban J connectivity index is 2.99. The molecule has 3 N–H and O–H groups in total. The monoisotopic (exact) mass is 199 g/mol. The van der Waals surface area contributed by atoms with E-state index in [2.05, 4.69) is 0 Å². The minimum absolute atomic E-state index is 0.129. The largest absolute Gasteiger partial charge is 0.508 e. The minimum Gasteiger partial charge on any atom is -0.508 e. The van der Waals surface area contributed by atoms with Gasteiger partial charge in [-0.1, -0.05) is 0 Å². The lowest BCUT2D eigenvalue weighted by atomic mass is 10.1. The molecule has 1 aromatic rings. The summed E-state index contributed by atoms with van der Waals surface area (Å²) in [5.41, 5.74) is 5.80. The van der Waals surface area contributed by atoms with Gasteiger partial charge in [0.15, 0.2) is 0 Å². The molecule has 0 amide bonds. The van der Waals surface area contributed by atoms with E-state index in [1.54, 1.807) is 0 Å². The van der Waals surface area contributed by atoms with Crippen LogP contribution >= 0.6 is 0 Å². The Hall–Kier alpha value is -1.29. The molecule has 0 aliphatic carbocycles. The van der Waals surface area contributed by atoms with Crippen LogP contribution in [0, 0.1) is 5.82 Å². The Morgan fingerprint density at radius 2 is 2.21 bits per heavy atom. The number of phenolic OH excluding ortho intramolecular Hbond substituents is 1. The van der Waals surface area contributed by atoms with Gasteiger partial charge < -0.3 is 15.6 Å². The third-order valence-electron chi connectivity index (χ3n) is 1.99. The lowest BCUT2D eigenvalue weighted by Crippen LogP contribution is -2.03. The molecular weight excluding hydrogens is 185 g/mol. The minimum atomic E-state index is -0.449. The standard InChI is InChI=1S/C10H14FNO2/c1-14-10-6-7(13)5-9(11)8(10)3-2-4-12/h5-6,13H,2-4,12H2,1H3. The third kappa shape index (κ3) is 2.35. The molecule has 0 heterocycles. The van der Waals surface area contributed by atoms with Gasteiger partial charge in [0, 0.05) is 17.7 Å². The van der Waals surface area contributed by atoms with Crippen LogP contribution in [-0.2, 0) is 6.42 Å². The zero-order valence-electron chi connectivity index (χ0n) is 8.09. The molecule has 14 heavy (non-hydrogen) atoms. The fourth-order valence-electron chi connectivity index (χ4n) is 1.30. The number of hydrogen-bond acceptors (Lipinski definition) is 3. The maximum atomic E-state index is 13.3. The van der Waals surface area contributed by atoms with Gasteiger partial charge >= 0.3 is 0 Å². The maximum Gasteiger partial charge on any atom is 0.133 e. The quantitative estimate of drug-likeness (QED) is 0.771. The molecule has 0 unspecified atom stereocenters. The fraction of sp³-hybridized carbons (Fsp3) is 0.400. The zero-order chi connectivity index (χ0) is 10.6. The lowest BCUT2D eigenvalue weighted by Gasteiger charge is -2.09. The molecule has 0 aromatic heterocycles. The Labute approximate surface area is 82.3 Å². The van der Waals surface area contributed by atoms with E-state index in [0.29, 0.717) is 30.7 Å². The summed E-state index contributed by atoms with van der Waals surface area (Å²) in [6.45, 7) is 0.503. The summed E-state index contributed by atoms with van der Waals surface area (Å²) in [6.07, 6.45) is 1.21. The van der Waals surface area contributed by atoms with Crippen LogP contribution in [0.2, 0.25) is 0 Å². The van der Waals surface area contributed by atoms with E-state index in [1.165, 1.54) is 13.2 Å². The van der Waals surface area contributed by atoms with Gasteiger partial charge in [-0.25, -0.2) is 4.39 Å². The average Bonchev–Trinajstić information content (AvgIpc) is 2.15. The number of nitrogens with two attached hydrogens (primary N) is 1. The van der Waals surface area contributed by atoms with E-state index in [0.717, 1.165) is 6.07 Å². The fourth-order valence-corrected chi connectivity index (χ4v) is 1.30. The number of benzene rings is 1. The number of rotatable bonds is 4. The first-order valence-corrected chi connectivity index (χ1v) is 4.44. The van der Waals surface area contributed by atoms with E-state index < -0.39 is 5.82 Å². The highest BCUT2D eigenvalue weighted by Crippen LogP contribution is 2.27. The third-order valence-corrected chi connectivity index (χ3v) is 1.99. The summed E-state index contributed by atoms with van der Waals surface area (Å²) in [5.74, 6) is -0.206. The normalized spacial score (nSPS) is 10.2. The van der Waals surface area contributed by atoms with E-state index >= 15 is 0 Å². The number of halogens is 1. The molecule has 78 valence electrons. The van der Waals surface area contributed by atoms with Gasteiger partial charge in [-0.3, -0.25) is 0 Å². The second-order valence-corrected chi connectivity index (χ2v) is 3.00. The van der Waals surface area contributed by atoms with Gasteiger partial charge in [-0.05, 0) is 19.4 Å². The van der Waals surface area contributed by atoms with Crippen molar-refractivity contribution in [1.29, 1.82) is 0 Å². The molecule has 0 saturated carbocycles. The highest BCUT2D eigenvalue weighted by molar-refractivity contribution is 5.41. The first-order valence-electron chi connectivity index (χ1n) is 4.44. The summed E-state index contributed by atoms with van der Waals surface area (Å²) < 4.78 is 18.3. The van der Waals surface area contributed by atoms with Crippen molar-refractivity contribution in [3.8, 4) is 11.5 Å². The predicted molar refractivity (Wildman–Crippen MR) is 52.0 cm³/mol. The molecule has 0 saturated heterocycles. The molecule has 0 atom stereocenters. The molecule has 0 aliphatic rings. The molecule has 1 rings (SSSR count). The van der Waals surface area contributed by atoms with Crippen LogP contribution in [-0.4, -0.2) is 18.8 Å². The van der Waals surface area contributed by atoms with Gasteiger partial charge in [-0.2, -0.15) is 0 Å². The Bertz CT molecular complexity index is 315. The molecule has 0 radical (unpaired) electrons. The maximum absolute atomic E-state index is 13.3. The molecule has 0 bridgehead atoms. The van der Waals surface area contributed by atoms with Crippen LogP contribution in [0.25, 0.3) is 0 Å². The van der Waals surface area contributed by atoms with Gasteiger partial charge in [0.25, 0.3) is 0 Å². The van der Waals surface area contributed by atoms with Crippen molar-refractivity contribution in [3.05, 3.63) is 23.5 Å². The molecule has 1 aromatic carbocycles. The van der Waals surface area contributed by atoms with Crippen molar-refractivity contribution in [2.45, 2.75) is 12.8 Å². The average molecular weight is 199 g/mol. The van der Waals surface area contributed by atoms with Crippen LogP contribution in [0.15, 0.2) is 12.1 Å². The molecule has 0 aliphatic heterocycles. The smallest absolute Gasteiger partial charge is 0.133 e. The van der Waals surface area contributed by atoms with Crippen LogP contribution < -0.4 is 10.5 Å². The molecule has 4 heteroatoms. The summed E-state index contributed by atoms with van der Waals surface area (Å²) in [6, 6.07) is 2.48. The van der Waals surface area contributed by atoms with Crippen molar-refractivity contribution >= 4 is 0 Å². The Morgan fingerprint density at radius 1 is 1.50 bits per heavy atom. The zero-order valence-corrected chi connectivity index (χ0v) is 8.09. The topological polar surface area (TPSA) is 55.5 Å². The number of aromatic hydroxyl groups is 1. The van der Waals surface area contributed by atoms with Crippen molar-refractivity contribution in [1.82, 2.24) is 0 Å². The number of ether oxygens (including phenoxy) is 1. The van der Waals surface area contributed by atoms with Crippen LogP contribution in [0.5, 0.6) is 11.5 Å². The van der Waals surface area contributed by atoms with E-state index in [1.807, 2.05) is 0 Å². The predicted octanol–water partition coefficient (Wildman–Crippen LogP) is 1.43. The lowest BCUT2D eigenvalue weighted by molar-refractivity contribution is 0.395. The summed E-state index contributed by atoms with van der Waals surface area (Å²) in [5, 5.41) is 9.13. The van der Waals surface area contributed by atoms with Gasteiger partial charge in [0.1, 0.15) is 17.3 Å². The summed E-state index contributed by atoms with van der Waals surface area (Å²) in [7, 11) is 1.44. The van der Waals surface area contributed by atoms with Gasteiger partial charge in [0.05, 0.1) is 7.11 Å². The van der Waals surface area contributed by atoms with E-state index in [4.69, 9.17) is 15.6 Å². The van der Waals surface area contributed by atoms with Crippen molar-refractivity contribution in [2.24, 2.45) is 5.73 Å². The second kappa shape index (κ2) is 4.81. The first-order chi connectivity index (χ1) is 6.69. The number of methoxy groups -OCH3 is 1. The molecule has 0 spiro atoms. The van der Waals surface area contributed by atoms with Crippen molar-refractivity contribution < 1.29 is 14.2 Å². The Kier molecular flexibility index (Phi) is 3.71. The van der Waals surface area contributed by atoms with Crippen molar-refractivity contribution in [2.75, 3.05) is 13.7 Å². The van der Waals surface area contributed by atoms with E-state index in [-0.39, 0.29) is 5.75 Å². The van der Waals surface area contributed by atoms with Gasteiger partial charge in [0.2, 0.25) is 0 Å². The van der Waals surface area contributed by atoms with Gasteiger partial charge in [-0.15, -0.1) is 0 Å². The summed E-state index contributed by atoms with van der Waals surface area (Å²) >= 11 is 0. The molecule has 3 nitrogen and oxygen atoms in total. The van der Waals surface area contributed by atoms with Crippen LogP contribution in [0.1, 0.15) is 12.0 Å². The van der Waals surface area contributed by atoms with Crippen LogP contribution in [0.4, 0.5) is 4.39 Å². The Morgan fingerprint density at radius 3 is 2.79 bits per heavy atom. The SMILES string of the molecule is COc1cc(O)cc(F)c1CCCN. The summed E-state index contributed by atoms with van der Waals surface area (Å²) in [4.78, 5) is 0. The molecular formula is C10H14FNO2. The first kappa shape index (κ1) is 10.8. The van der Waals surface area contributed by atoms with Crippen molar-refractivity contribution in [3.63, 3.8) is 0 Å².